The number of rotatable bonds is 6. The van der Waals surface area contributed by atoms with E-state index in [0.717, 1.165) is 24.2 Å². The largest absolute Gasteiger partial charge is 0.379 e. The maximum atomic E-state index is 12.7. The van der Waals surface area contributed by atoms with Crippen molar-refractivity contribution in [2.75, 3.05) is 32.8 Å². The summed E-state index contributed by atoms with van der Waals surface area (Å²) in [6.45, 7) is 3.31. The van der Waals surface area contributed by atoms with Crippen molar-refractivity contribution in [2.24, 2.45) is 0 Å². The summed E-state index contributed by atoms with van der Waals surface area (Å²) in [7, 11) is 0. The van der Waals surface area contributed by atoms with Crippen LogP contribution in [-0.4, -0.2) is 48.8 Å². The van der Waals surface area contributed by atoms with Crippen LogP contribution in [0.1, 0.15) is 22.1 Å². The number of benzene rings is 2. The summed E-state index contributed by atoms with van der Waals surface area (Å²) in [6.07, 6.45) is 0. The first kappa shape index (κ1) is 19.6. The van der Waals surface area contributed by atoms with Crippen LogP contribution in [0, 0.1) is 0 Å². The molecule has 3 aromatic rings. The lowest BCUT2D eigenvalue weighted by molar-refractivity contribution is 0.0162. The molecule has 1 saturated heterocycles. The second-order valence-electron chi connectivity index (χ2n) is 6.84. The van der Waals surface area contributed by atoms with E-state index in [1.54, 1.807) is 6.07 Å². The SMILES string of the molecule is O=C(NCC(c1ccccc1Cl)N1CCOCC1)c1cc(-c2ccccc2)on1. The van der Waals surface area contributed by atoms with Gasteiger partial charge in [-0.15, -0.1) is 0 Å². The molecule has 1 atom stereocenters. The van der Waals surface area contributed by atoms with Gasteiger partial charge in [0.05, 0.1) is 19.3 Å². The predicted molar refractivity (Wildman–Crippen MR) is 111 cm³/mol. The molecule has 1 fully saturated rings. The van der Waals surface area contributed by atoms with E-state index in [4.69, 9.17) is 20.9 Å². The molecule has 1 amide bonds. The van der Waals surface area contributed by atoms with Gasteiger partial charge in [0.1, 0.15) is 0 Å². The topological polar surface area (TPSA) is 67.6 Å². The van der Waals surface area contributed by atoms with Crippen LogP contribution in [0.4, 0.5) is 0 Å². The van der Waals surface area contributed by atoms with E-state index in [0.29, 0.717) is 30.5 Å². The van der Waals surface area contributed by atoms with Crippen LogP contribution in [0.25, 0.3) is 11.3 Å². The van der Waals surface area contributed by atoms with Crippen molar-refractivity contribution in [3.63, 3.8) is 0 Å². The fraction of sp³-hybridized carbons (Fsp3) is 0.273. The Labute approximate surface area is 174 Å². The molecular weight excluding hydrogens is 390 g/mol. The number of carbonyl (C=O) groups excluding carboxylic acids is 1. The van der Waals surface area contributed by atoms with Crippen molar-refractivity contribution in [3.8, 4) is 11.3 Å². The Bertz CT molecular complexity index is 955. The molecule has 4 rings (SSSR count). The summed E-state index contributed by atoms with van der Waals surface area (Å²) >= 11 is 6.44. The zero-order valence-corrected chi connectivity index (χ0v) is 16.6. The molecule has 0 spiro atoms. The molecule has 1 aliphatic rings. The monoisotopic (exact) mass is 411 g/mol. The smallest absolute Gasteiger partial charge is 0.273 e. The summed E-state index contributed by atoms with van der Waals surface area (Å²) in [4.78, 5) is 15.0. The minimum absolute atomic E-state index is 0.0444. The van der Waals surface area contributed by atoms with E-state index in [-0.39, 0.29) is 17.6 Å². The Morgan fingerprint density at radius 2 is 1.83 bits per heavy atom. The van der Waals surface area contributed by atoms with Crippen LogP contribution < -0.4 is 5.32 Å². The highest BCUT2D eigenvalue weighted by Crippen LogP contribution is 2.28. The van der Waals surface area contributed by atoms with Crippen LogP contribution in [-0.2, 0) is 4.74 Å². The Balaban J connectivity index is 1.48. The quantitative estimate of drug-likeness (QED) is 0.668. The molecule has 0 radical (unpaired) electrons. The molecule has 29 heavy (non-hydrogen) atoms. The molecule has 1 N–H and O–H groups in total. The predicted octanol–water partition coefficient (Wildman–Crippen LogP) is 3.80. The van der Waals surface area contributed by atoms with Crippen molar-refractivity contribution in [2.45, 2.75) is 6.04 Å². The van der Waals surface area contributed by atoms with Crippen LogP contribution in [0.2, 0.25) is 5.02 Å². The fourth-order valence-electron chi connectivity index (χ4n) is 3.47. The highest BCUT2D eigenvalue weighted by atomic mass is 35.5. The first-order chi connectivity index (χ1) is 14.2. The third-order valence-corrected chi connectivity index (χ3v) is 5.35. The van der Waals surface area contributed by atoms with Crippen molar-refractivity contribution < 1.29 is 14.1 Å². The normalized spacial score (nSPS) is 15.8. The number of ether oxygens (including phenoxy) is 1. The molecular formula is C22H22ClN3O3. The maximum Gasteiger partial charge on any atom is 0.273 e. The lowest BCUT2D eigenvalue weighted by atomic mass is 10.0. The Kier molecular flexibility index (Phi) is 6.24. The van der Waals surface area contributed by atoms with Gasteiger partial charge >= 0.3 is 0 Å². The van der Waals surface area contributed by atoms with E-state index in [1.807, 2.05) is 54.6 Å². The minimum atomic E-state index is -0.277. The van der Waals surface area contributed by atoms with Gasteiger partial charge in [0.25, 0.3) is 5.91 Å². The first-order valence-corrected chi connectivity index (χ1v) is 9.97. The third-order valence-electron chi connectivity index (χ3n) is 5.01. The molecule has 1 aliphatic heterocycles. The summed E-state index contributed by atoms with van der Waals surface area (Å²) in [6, 6.07) is 18.9. The number of halogens is 1. The van der Waals surface area contributed by atoms with Gasteiger partial charge in [0.2, 0.25) is 0 Å². The number of morpholine rings is 1. The van der Waals surface area contributed by atoms with Crippen LogP contribution in [0.15, 0.2) is 65.2 Å². The highest BCUT2D eigenvalue weighted by molar-refractivity contribution is 6.31. The van der Waals surface area contributed by atoms with E-state index in [2.05, 4.69) is 15.4 Å². The number of amides is 1. The van der Waals surface area contributed by atoms with E-state index >= 15 is 0 Å². The van der Waals surface area contributed by atoms with Crippen molar-refractivity contribution in [1.29, 1.82) is 0 Å². The average Bonchev–Trinajstić information content (AvgIpc) is 3.27. The molecule has 7 heteroatoms. The van der Waals surface area contributed by atoms with E-state index in [1.165, 1.54) is 0 Å². The first-order valence-electron chi connectivity index (χ1n) is 9.59. The zero-order valence-electron chi connectivity index (χ0n) is 15.9. The van der Waals surface area contributed by atoms with Gasteiger partial charge in [0.15, 0.2) is 11.5 Å². The van der Waals surface area contributed by atoms with Crippen LogP contribution in [0.3, 0.4) is 0 Å². The van der Waals surface area contributed by atoms with Gasteiger partial charge in [-0.3, -0.25) is 9.69 Å². The molecule has 2 heterocycles. The number of hydrogen-bond acceptors (Lipinski definition) is 5. The number of aromatic nitrogens is 1. The Hall–Kier alpha value is -2.67. The summed E-state index contributed by atoms with van der Waals surface area (Å²) in [5.74, 6) is 0.285. The molecule has 1 unspecified atom stereocenters. The van der Waals surface area contributed by atoms with Crippen molar-refractivity contribution in [3.05, 3.63) is 76.9 Å². The average molecular weight is 412 g/mol. The summed E-state index contributed by atoms with van der Waals surface area (Å²) in [5.41, 5.74) is 2.12. The summed E-state index contributed by atoms with van der Waals surface area (Å²) in [5, 5.41) is 7.60. The third kappa shape index (κ3) is 4.67. The van der Waals surface area contributed by atoms with Crippen molar-refractivity contribution >= 4 is 17.5 Å². The highest BCUT2D eigenvalue weighted by Gasteiger charge is 2.25. The Morgan fingerprint density at radius 3 is 2.59 bits per heavy atom. The van der Waals surface area contributed by atoms with Gasteiger partial charge in [0, 0.05) is 36.3 Å². The molecule has 2 aromatic carbocycles. The van der Waals surface area contributed by atoms with Gasteiger partial charge in [-0.1, -0.05) is 65.3 Å². The van der Waals surface area contributed by atoms with Gasteiger partial charge < -0.3 is 14.6 Å². The zero-order chi connectivity index (χ0) is 20.1. The minimum Gasteiger partial charge on any atom is -0.379 e. The van der Waals surface area contributed by atoms with Crippen LogP contribution in [0.5, 0.6) is 0 Å². The van der Waals surface area contributed by atoms with E-state index < -0.39 is 0 Å². The number of carbonyl (C=O) groups is 1. The maximum absolute atomic E-state index is 12.7. The molecule has 0 aliphatic carbocycles. The Morgan fingerprint density at radius 1 is 1.10 bits per heavy atom. The number of nitrogens with one attached hydrogen (secondary N) is 1. The van der Waals surface area contributed by atoms with Crippen LogP contribution >= 0.6 is 11.6 Å². The second kappa shape index (κ2) is 9.22. The van der Waals surface area contributed by atoms with Crippen molar-refractivity contribution in [1.82, 2.24) is 15.4 Å². The number of nitrogens with zero attached hydrogens (tertiary/aromatic N) is 2. The molecule has 0 saturated carbocycles. The fourth-order valence-corrected chi connectivity index (χ4v) is 3.73. The summed E-state index contributed by atoms with van der Waals surface area (Å²) < 4.78 is 10.8. The second-order valence-corrected chi connectivity index (χ2v) is 7.25. The van der Waals surface area contributed by atoms with Gasteiger partial charge in [-0.05, 0) is 11.6 Å². The van der Waals surface area contributed by atoms with Gasteiger partial charge in [-0.25, -0.2) is 0 Å². The number of hydrogen-bond donors (Lipinski definition) is 1. The lowest BCUT2D eigenvalue weighted by Gasteiger charge is -2.35. The molecule has 1 aromatic heterocycles. The lowest BCUT2D eigenvalue weighted by Crippen LogP contribution is -2.44. The molecule has 150 valence electrons. The van der Waals surface area contributed by atoms with E-state index in [9.17, 15) is 4.79 Å². The molecule has 0 bridgehead atoms. The standard InChI is InChI=1S/C22H22ClN3O3/c23-18-9-5-4-8-17(18)20(26-10-12-28-13-11-26)15-24-22(27)19-14-21(29-25-19)16-6-2-1-3-7-16/h1-9,14,20H,10-13,15H2,(H,24,27). The van der Waals surface area contributed by atoms with Gasteiger partial charge in [-0.2, -0.15) is 0 Å². The molecule has 6 nitrogen and oxygen atoms in total.